The molecule has 23 heavy (non-hydrogen) atoms. The Balaban J connectivity index is 2.27. The molecule has 1 unspecified atom stereocenters. The van der Waals surface area contributed by atoms with Crippen molar-refractivity contribution in [3.05, 3.63) is 52.2 Å². The van der Waals surface area contributed by atoms with Gasteiger partial charge in [-0.05, 0) is 45.9 Å². The normalized spacial score (nSPS) is 11.8. The summed E-state index contributed by atoms with van der Waals surface area (Å²) in [6.45, 7) is 7.59. The fourth-order valence-electron chi connectivity index (χ4n) is 2.44. The van der Waals surface area contributed by atoms with E-state index < -0.39 is 11.7 Å². The van der Waals surface area contributed by atoms with Crippen LogP contribution in [0, 0.1) is 13.8 Å². The standard InChI is InChI=1S/C17H21N3O3/c1-5-23-15-9-7-6-8-14(15)19-16(21)13(4)20-12(3)10-11(2)18-17(20)22/h6-10,13H,5H2,1-4H3,(H,19,21). The molecule has 6 nitrogen and oxygen atoms in total. The molecule has 2 aromatic rings. The molecule has 0 fully saturated rings. The minimum atomic E-state index is -0.676. The van der Waals surface area contributed by atoms with Crippen LogP contribution in [0.4, 0.5) is 5.69 Å². The van der Waals surface area contributed by atoms with Crippen LogP contribution in [0.15, 0.2) is 35.1 Å². The maximum Gasteiger partial charge on any atom is 0.348 e. The second-order valence-electron chi connectivity index (χ2n) is 5.29. The number of carbonyl (C=O) groups excluding carboxylic acids is 1. The van der Waals surface area contributed by atoms with Crippen molar-refractivity contribution in [3.63, 3.8) is 0 Å². The molecule has 122 valence electrons. The van der Waals surface area contributed by atoms with E-state index in [0.717, 1.165) is 0 Å². The maximum absolute atomic E-state index is 12.5. The number of para-hydroxylation sites is 2. The Labute approximate surface area is 135 Å². The predicted molar refractivity (Wildman–Crippen MR) is 88.9 cm³/mol. The highest BCUT2D eigenvalue weighted by Gasteiger charge is 2.19. The molecular weight excluding hydrogens is 294 g/mol. The molecule has 0 saturated heterocycles. The minimum absolute atomic E-state index is 0.298. The van der Waals surface area contributed by atoms with E-state index in [1.807, 2.05) is 19.1 Å². The lowest BCUT2D eigenvalue weighted by Gasteiger charge is -2.18. The molecule has 0 aliphatic heterocycles. The summed E-state index contributed by atoms with van der Waals surface area (Å²) in [6.07, 6.45) is 0. The second-order valence-corrected chi connectivity index (χ2v) is 5.29. The number of nitrogens with one attached hydrogen (secondary N) is 1. The highest BCUT2D eigenvalue weighted by atomic mass is 16.5. The summed E-state index contributed by atoms with van der Waals surface area (Å²) in [5.41, 5.74) is 1.49. The molecule has 1 amide bonds. The van der Waals surface area contributed by atoms with Gasteiger partial charge in [0, 0.05) is 11.4 Å². The van der Waals surface area contributed by atoms with Crippen LogP contribution in [0.3, 0.4) is 0 Å². The van der Waals surface area contributed by atoms with Crippen molar-refractivity contribution in [1.82, 2.24) is 9.55 Å². The Morgan fingerprint density at radius 1 is 1.35 bits per heavy atom. The van der Waals surface area contributed by atoms with Crippen molar-refractivity contribution in [2.45, 2.75) is 33.7 Å². The van der Waals surface area contributed by atoms with Gasteiger partial charge in [-0.15, -0.1) is 0 Å². The number of rotatable bonds is 5. The molecule has 0 radical (unpaired) electrons. The zero-order valence-corrected chi connectivity index (χ0v) is 13.8. The molecule has 0 bridgehead atoms. The van der Waals surface area contributed by atoms with Crippen molar-refractivity contribution >= 4 is 11.6 Å². The van der Waals surface area contributed by atoms with Crippen LogP contribution >= 0.6 is 0 Å². The van der Waals surface area contributed by atoms with Crippen LogP contribution in [-0.4, -0.2) is 22.1 Å². The van der Waals surface area contributed by atoms with Crippen LogP contribution in [0.5, 0.6) is 5.75 Å². The van der Waals surface area contributed by atoms with Crippen molar-refractivity contribution in [1.29, 1.82) is 0 Å². The van der Waals surface area contributed by atoms with E-state index in [4.69, 9.17) is 4.74 Å². The summed E-state index contributed by atoms with van der Waals surface area (Å²) in [4.78, 5) is 28.5. The highest BCUT2D eigenvalue weighted by molar-refractivity contribution is 5.94. The number of aryl methyl sites for hydroxylation is 2. The number of hydrogen-bond donors (Lipinski definition) is 1. The Morgan fingerprint density at radius 3 is 2.70 bits per heavy atom. The summed E-state index contributed by atoms with van der Waals surface area (Å²) in [5.74, 6) is 0.301. The van der Waals surface area contributed by atoms with E-state index in [1.54, 1.807) is 39.0 Å². The Hall–Kier alpha value is -2.63. The summed E-state index contributed by atoms with van der Waals surface area (Å²) < 4.78 is 6.87. The minimum Gasteiger partial charge on any atom is -0.492 e. The smallest absolute Gasteiger partial charge is 0.348 e. The molecule has 1 N–H and O–H groups in total. The lowest BCUT2D eigenvalue weighted by Crippen LogP contribution is -2.34. The molecule has 0 aliphatic carbocycles. The van der Waals surface area contributed by atoms with E-state index in [1.165, 1.54) is 4.57 Å². The van der Waals surface area contributed by atoms with Gasteiger partial charge in [-0.1, -0.05) is 12.1 Å². The van der Waals surface area contributed by atoms with Crippen LogP contribution in [-0.2, 0) is 4.79 Å². The summed E-state index contributed by atoms with van der Waals surface area (Å²) in [6, 6.07) is 8.30. The Morgan fingerprint density at radius 2 is 2.04 bits per heavy atom. The number of nitrogens with zero attached hydrogens (tertiary/aromatic N) is 2. The first-order valence-corrected chi connectivity index (χ1v) is 7.53. The van der Waals surface area contributed by atoms with E-state index in [2.05, 4.69) is 10.3 Å². The van der Waals surface area contributed by atoms with Crippen LogP contribution < -0.4 is 15.7 Å². The largest absolute Gasteiger partial charge is 0.492 e. The molecule has 0 aliphatic rings. The topological polar surface area (TPSA) is 73.2 Å². The summed E-state index contributed by atoms with van der Waals surface area (Å²) >= 11 is 0. The Kier molecular flexibility index (Phi) is 5.16. The first-order chi connectivity index (χ1) is 10.9. The van der Waals surface area contributed by atoms with Gasteiger partial charge in [0.25, 0.3) is 0 Å². The van der Waals surface area contributed by atoms with Gasteiger partial charge in [-0.3, -0.25) is 9.36 Å². The van der Waals surface area contributed by atoms with Crippen LogP contribution in [0.2, 0.25) is 0 Å². The molecule has 0 spiro atoms. The van der Waals surface area contributed by atoms with Gasteiger partial charge in [-0.25, -0.2) is 4.79 Å². The van der Waals surface area contributed by atoms with Gasteiger partial charge in [0.15, 0.2) is 0 Å². The third-order valence-electron chi connectivity index (χ3n) is 3.49. The van der Waals surface area contributed by atoms with E-state index in [-0.39, 0.29) is 5.91 Å². The van der Waals surface area contributed by atoms with E-state index in [0.29, 0.717) is 29.4 Å². The quantitative estimate of drug-likeness (QED) is 0.920. The molecule has 1 aromatic heterocycles. The van der Waals surface area contributed by atoms with E-state index in [9.17, 15) is 9.59 Å². The fraction of sp³-hybridized carbons (Fsp3) is 0.353. The van der Waals surface area contributed by atoms with E-state index >= 15 is 0 Å². The van der Waals surface area contributed by atoms with Gasteiger partial charge in [0.2, 0.25) is 5.91 Å². The van der Waals surface area contributed by atoms with Crippen molar-refractivity contribution in [3.8, 4) is 5.75 Å². The Bertz CT molecular complexity index is 768. The number of aromatic nitrogens is 2. The number of anilines is 1. The predicted octanol–water partition coefficient (Wildman–Crippen LogP) is 2.46. The molecule has 6 heteroatoms. The highest BCUT2D eigenvalue weighted by Crippen LogP contribution is 2.24. The average molecular weight is 315 g/mol. The van der Waals surface area contributed by atoms with Crippen molar-refractivity contribution < 1.29 is 9.53 Å². The molecule has 1 atom stereocenters. The molecule has 0 saturated carbocycles. The molecule has 1 aromatic carbocycles. The van der Waals surface area contributed by atoms with Crippen LogP contribution in [0.25, 0.3) is 0 Å². The number of ether oxygens (including phenoxy) is 1. The van der Waals surface area contributed by atoms with Crippen molar-refractivity contribution in [2.75, 3.05) is 11.9 Å². The first kappa shape index (κ1) is 16.7. The average Bonchev–Trinajstić information content (AvgIpc) is 2.48. The van der Waals surface area contributed by atoms with Gasteiger partial charge in [0.1, 0.15) is 11.8 Å². The number of amides is 1. The summed E-state index contributed by atoms with van der Waals surface area (Å²) in [7, 11) is 0. The van der Waals surface area contributed by atoms with Crippen LogP contribution in [0.1, 0.15) is 31.3 Å². The van der Waals surface area contributed by atoms with Gasteiger partial charge in [-0.2, -0.15) is 4.98 Å². The number of hydrogen-bond acceptors (Lipinski definition) is 4. The third kappa shape index (κ3) is 3.77. The van der Waals surface area contributed by atoms with Gasteiger partial charge in [0.05, 0.1) is 12.3 Å². The number of benzene rings is 1. The maximum atomic E-state index is 12.5. The monoisotopic (exact) mass is 315 g/mol. The zero-order valence-electron chi connectivity index (χ0n) is 13.8. The molecular formula is C17H21N3O3. The molecule has 1 heterocycles. The number of carbonyl (C=O) groups is 1. The summed E-state index contributed by atoms with van der Waals surface area (Å²) in [5, 5.41) is 2.81. The second kappa shape index (κ2) is 7.09. The zero-order chi connectivity index (χ0) is 17.0. The lowest BCUT2D eigenvalue weighted by atomic mass is 10.2. The SMILES string of the molecule is CCOc1ccccc1NC(=O)C(C)n1c(C)cc(C)nc1=O. The van der Waals surface area contributed by atoms with Gasteiger partial charge < -0.3 is 10.1 Å². The third-order valence-corrected chi connectivity index (χ3v) is 3.49. The lowest BCUT2D eigenvalue weighted by molar-refractivity contribution is -0.119. The first-order valence-electron chi connectivity index (χ1n) is 7.53. The molecule has 2 rings (SSSR count). The van der Waals surface area contributed by atoms with Crippen molar-refractivity contribution in [2.24, 2.45) is 0 Å². The fourth-order valence-corrected chi connectivity index (χ4v) is 2.44. The van der Waals surface area contributed by atoms with Gasteiger partial charge >= 0.3 is 5.69 Å².